The van der Waals surface area contributed by atoms with Crippen molar-refractivity contribution in [2.45, 2.75) is 116 Å². The third-order valence-corrected chi connectivity index (χ3v) is 10.1. The fourth-order valence-corrected chi connectivity index (χ4v) is 7.56. The van der Waals surface area contributed by atoms with Gasteiger partial charge in [0, 0.05) is 17.3 Å². The van der Waals surface area contributed by atoms with Gasteiger partial charge in [0.2, 0.25) is 0 Å². The first-order valence-electron chi connectivity index (χ1n) is 16.5. The van der Waals surface area contributed by atoms with Gasteiger partial charge in [-0.25, -0.2) is 18.1 Å². The number of rotatable bonds is 17. The number of fused-ring (bicyclic) bond motifs is 1. The second kappa shape index (κ2) is 16.5. The quantitative estimate of drug-likeness (QED) is 0.145. The van der Waals surface area contributed by atoms with Crippen molar-refractivity contribution in [1.82, 2.24) is 14.1 Å². The lowest BCUT2D eigenvalue weighted by molar-refractivity contribution is -0.117. The molecule has 250 valence electrons. The normalized spacial score (nSPS) is 14.6. The molecule has 0 saturated carbocycles. The summed E-state index contributed by atoms with van der Waals surface area (Å²) < 4.78 is 37.2. The van der Waals surface area contributed by atoms with Gasteiger partial charge < -0.3 is 10.1 Å². The van der Waals surface area contributed by atoms with Crippen LogP contribution >= 0.6 is 11.6 Å². The minimum atomic E-state index is -4.00. The average Bonchev–Trinajstić information content (AvgIpc) is 3.33. The predicted molar refractivity (Wildman–Crippen MR) is 186 cm³/mol. The fraction of sp³-hybridized carbons (Fsp3) is 0.514. The molecule has 0 aliphatic carbocycles. The number of hydrogen-bond acceptors (Lipinski definition) is 6. The van der Waals surface area contributed by atoms with Crippen molar-refractivity contribution in [3.05, 3.63) is 64.9 Å². The highest BCUT2D eigenvalue weighted by atomic mass is 35.5. The summed E-state index contributed by atoms with van der Waals surface area (Å²) in [4.78, 5) is 19.3. The number of para-hydroxylation sites is 1. The van der Waals surface area contributed by atoms with E-state index in [-0.39, 0.29) is 23.4 Å². The molecule has 9 nitrogen and oxygen atoms in total. The molecule has 1 aliphatic heterocycles. The van der Waals surface area contributed by atoms with Crippen molar-refractivity contribution in [1.29, 1.82) is 0 Å². The lowest BCUT2D eigenvalue weighted by Crippen LogP contribution is -2.48. The van der Waals surface area contributed by atoms with Crippen LogP contribution in [0.3, 0.4) is 0 Å². The molecule has 1 N–H and O–H groups in total. The summed E-state index contributed by atoms with van der Waals surface area (Å²) in [6.07, 6.45) is 11.1. The molecular formula is C35H48ClN5O4S. The van der Waals surface area contributed by atoms with Gasteiger partial charge in [-0.2, -0.15) is 5.10 Å². The number of ether oxygens (including phenoxy) is 1. The van der Waals surface area contributed by atoms with E-state index in [4.69, 9.17) is 21.3 Å². The van der Waals surface area contributed by atoms with Crippen molar-refractivity contribution in [3.8, 4) is 5.75 Å². The van der Waals surface area contributed by atoms with E-state index < -0.39 is 22.0 Å². The van der Waals surface area contributed by atoms with E-state index in [1.807, 2.05) is 33.8 Å². The van der Waals surface area contributed by atoms with Crippen LogP contribution in [0.25, 0.3) is 0 Å². The van der Waals surface area contributed by atoms with E-state index in [0.29, 0.717) is 40.0 Å². The molecule has 0 fully saturated rings. The summed E-state index contributed by atoms with van der Waals surface area (Å²) in [6.45, 7) is 9.88. The number of aromatic nitrogens is 2. The number of aryl methyl sites for hydroxylation is 2. The minimum absolute atomic E-state index is 0.103. The molecule has 1 aromatic heterocycles. The monoisotopic (exact) mass is 669 g/mol. The molecule has 1 unspecified atom stereocenters. The van der Waals surface area contributed by atoms with Gasteiger partial charge in [-0.15, -0.1) is 0 Å². The zero-order valence-electron chi connectivity index (χ0n) is 27.8. The van der Waals surface area contributed by atoms with Crippen LogP contribution in [-0.4, -0.2) is 46.9 Å². The molecule has 0 spiro atoms. The fourth-order valence-electron chi connectivity index (χ4n) is 5.77. The van der Waals surface area contributed by atoms with Crippen LogP contribution in [0, 0.1) is 13.8 Å². The third-order valence-electron chi connectivity index (χ3n) is 7.98. The Morgan fingerprint density at radius 3 is 2.22 bits per heavy atom. The Balaban J connectivity index is 1.65. The number of aliphatic imine (C=N–C) groups is 1. The Morgan fingerprint density at radius 1 is 0.935 bits per heavy atom. The molecule has 1 aliphatic rings. The maximum atomic E-state index is 14.4. The highest BCUT2D eigenvalue weighted by Crippen LogP contribution is 2.36. The first kappa shape index (κ1) is 35.5. The summed E-state index contributed by atoms with van der Waals surface area (Å²) in [5.41, 5.74) is 2.06. The van der Waals surface area contributed by atoms with Crippen LogP contribution in [0.2, 0.25) is 5.02 Å². The largest absolute Gasteiger partial charge is 0.489 e. The Bertz CT molecular complexity index is 1620. The van der Waals surface area contributed by atoms with Gasteiger partial charge >= 0.3 is 0 Å². The van der Waals surface area contributed by atoms with Gasteiger partial charge in [0.05, 0.1) is 23.2 Å². The number of hydrogen-bond donors (Lipinski definition) is 1. The van der Waals surface area contributed by atoms with E-state index >= 15 is 0 Å². The number of carbonyl (C=O) groups is 1. The van der Waals surface area contributed by atoms with Crippen LogP contribution in [0.4, 0.5) is 11.4 Å². The number of anilines is 1. The maximum absolute atomic E-state index is 14.4. The maximum Gasteiger partial charge on any atom is 0.267 e. The lowest BCUT2D eigenvalue weighted by Gasteiger charge is -2.34. The average molecular weight is 670 g/mol. The van der Waals surface area contributed by atoms with Gasteiger partial charge in [-0.05, 0) is 70.5 Å². The SMILES string of the molecule is CCCCCCCCCCCCN1C(C(C(=O)Nc2cc(Cl)ccc2OC(C)C)n2nc(C)cc2C)=Nc2ccccc2S1(=O)=O. The van der Waals surface area contributed by atoms with Gasteiger partial charge in [0.25, 0.3) is 15.9 Å². The molecule has 2 aromatic carbocycles. The number of amidine groups is 1. The number of benzene rings is 2. The second-order valence-corrected chi connectivity index (χ2v) is 14.5. The zero-order valence-corrected chi connectivity index (χ0v) is 29.3. The summed E-state index contributed by atoms with van der Waals surface area (Å²) >= 11 is 6.32. The highest BCUT2D eigenvalue weighted by molar-refractivity contribution is 7.90. The third kappa shape index (κ3) is 8.91. The van der Waals surface area contributed by atoms with Gasteiger partial charge in [0.15, 0.2) is 11.9 Å². The molecule has 0 saturated heterocycles. The molecule has 11 heteroatoms. The van der Waals surface area contributed by atoms with E-state index in [1.165, 1.54) is 42.8 Å². The second-order valence-electron chi connectivity index (χ2n) is 12.3. The van der Waals surface area contributed by atoms with Crippen LogP contribution < -0.4 is 10.1 Å². The van der Waals surface area contributed by atoms with E-state index in [2.05, 4.69) is 17.3 Å². The smallest absolute Gasteiger partial charge is 0.267 e. The van der Waals surface area contributed by atoms with Gasteiger partial charge in [-0.1, -0.05) is 88.4 Å². The van der Waals surface area contributed by atoms with Crippen molar-refractivity contribution < 1.29 is 17.9 Å². The predicted octanol–water partition coefficient (Wildman–Crippen LogP) is 8.78. The molecule has 4 rings (SSSR count). The number of amides is 1. The molecule has 0 bridgehead atoms. The van der Waals surface area contributed by atoms with E-state index in [0.717, 1.165) is 19.3 Å². The molecule has 1 amide bonds. The topological polar surface area (TPSA) is 106 Å². The van der Waals surface area contributed by atoms with Crippen molar-refractivity contribution >= 4 is 44.7 Å². The summed E-state index contributed by atoms with van der Waals surface area (Å²) in [7, 11) is -4.00. The summed E-state index contributed by atoms with van der Waals surface area (Å²) in [5, 5.41) is 8.01. The highest BCUT2D eigenvalue weighted by Gasteiger charge is 2.41. The number of nitrogens with zero attached hydrogens (tertiary/aromatic N) is 4. The Morgan fingerprint density at radius 2 is 1.59 bits per heavy atom. The minimum Gasteiger partial charge on any atom is -0.489 e. The van der Waals surface area contributed by atoms with E-state index in [1.54, 1.807) is 47.1 Å². The molecule has 3 aromatic rings. The van der Waals surface area contributed by atoms with Gasteiger partial charge in [-0.3, -0.25) is 9.10 Å². The van der Waals surface area contributed by atoms with Gasteiger partial charge in [0.1, 0.15) is 10.6 Å². The number of sulfonamides is 1. The Labute approximate surface area is 279 Å². The standard InChI is InChI=1S/C35H48ClN5O4S/c1-6-7-8-9-10-11-12-13-14-17-22-40-34(37-29-18-15-16-19-32(29)46(40,43)44)33(41-27(5)23-26(4)39-41)35(42)38-30-24-28(36)20-21-31(30)45-25(2)3/h15-16,18-21,23-25,33H,6-14,17,22H2,1-5H3,(H,38,42). The van der Waals surface area contributed by atoms with Crippen molar-refractivity contribution in [2.24, 2.45) is 4.99 Å². The molecule has 46 heavy (non-hydrogen) atoms. The number of carbonyl (C=O) groups excluding carboxylic acids is 1. The van der Waals surface area contributed by atoms with Crippen LogP contribution in [0.5, 0.6) is 5.75 Å². The van der Waals surface area contributed by atoms with Crippen molar-refractivity contribution in [3.63, 3.8) is 0 Å². The van der Waals surface area contributed by atoms with Crippen LogP contribution in [-0.2, 0) is 14.8 Å². The first-order chi connectivity index (χ1) is 22.0. The number of halogens is 1. The number of nitrogens with one attached hydrogen (secondary N) is 1. The molecular weight excluding hydrogens is 622 g/mol. The van der Waals surface area contributed by atoms with E-state index in [9.17, 15) is 13.2 Å². The lowest BCUT2D eigenvalue weighted by atomic mass is 10.1. The van der Waals surface area contributed by atoms with Crippen molar-refractivity contribution in [2.75, 3.05) is 11.9 Å². The molecule has 1 atom stereocenters. The summed E-state index contributed by atoms with van der Waals surface area (Å²) in [5.74, 6) is 0.0424. The molecule has 0 radical (unpaired) electrons. The van der Waals surface area contributed by atoms with Crippen LogP contribution in [0.1, 0.15) is 102 Å². The number of unbranched alkanes of at least 4 members (excludes halogenated alkanes) is 9. The Kier molecular flexibility index (Phi) is 12.7. The summed E-state index contributed by atoms with van der Waals surface area (Å²) in [6, 6.07) is 12.3. The van der Waals surface area contributed by atoms with Crippen LogP contribution in [0.15, 0.2) is 58.4 Å². The first-order valence-corrected chi connectivity index (χ1v) is 18.3. The Hall–Kier alpha value is -3.37. The molecule has 2 heterocycles. The zero-order chi connectivity index (χ0) is 33.3.